The van der Waals surface area contributed by atoms with Crippen LogP contribution in [0, 0.1) is 6.92 Å². The fraction of sp³-hybridized carbons (Fsp3) is 0.591. The maximum atomic E-state index is 4.71. The zero-order valence-electron chi connectivity index (χ0n) is 16.8. The minimum Gasteiger partial charge on any atom is -0.354 e. The normalized spacial score (nSPS) is 21.4. The third-order valence-corrected chi connectivity index (χ3v) is 6.60. The average molecular weight is 379 g/mol. The highest BCUT2D eigenvalue weighted by atomic mass is 15.3. The Morgan fingerprint density at radius 3 is 2.64 bits per heavy atom. The summed E-state index contributed by atoms with van der Waals surface area (Å²) in [7, 11) is 0. The molecule has 1 aliphatic carbocycles. The maximum absolute atomic E-state index is 4.71. The Kier molecular flexibility index (Phi) is 4.99. The number of aromatic nitrogens is 3. The van der Waals surface area contributed by atoms with Crippen LogP contribution in [0.25, 0.3) is 0 Å². The molecule has 0 aromatic carbocycles. The predicted octanol–water partition coefficient (Wildman–Crippen LogP) is 2.41. The molecule has 28 heavy (non-hydrogen) atoms. The van der Waals surface area contributed by atoms with E-state index in [1.165, 1.54) is 49.4 Å². The average Bonchev–Trinajstić information content (AvgIpc) is 2.67. The minimum atomic E-state index is 0.852. The molecule has 6 nitrogen and oxygen atoms in total. The lowest BCUT2D eigenvalue weighted by Gasteiger charge is -2.43. The molecule has 2 aromatic heterocycles. The smallest absolute Gasteiger partial charge is 0.135 e. The maximum Gasteiger partial charge on any atom is 0.135 e. The highest BCUT2D eigenvalue weighted by Crippen LogP contribution is 2.29. The van der Waals surface area contributed by atoms with Crippen molar-refractivity contribution in [3.05, 3.63) is 47.2 Å². The number of pyridine rings is 1. The minimum absolute atomic E-state index is 0.852. The molecule has 6 heteroatoms. The molecule has 1 saturated heterocycles. The topological polar surface area (TPSA) is 48.4 Å². The number of fused-ring (bicyclic) bond motifs is 1. The van der Waals surface area contributed by atoms with Gasteiger partial charge in [0.25, 0.3) is 0 Å². The van der Waals surface area contributed by atoms with E-state index in [9.17, 15) is 0 Å². The Bertz CT molecular complexity index is 826. The van der Waals surface area contributed by atoms with E-state index in [-0.39, 0.29) is 0 Å². The zero-order valence-corrected chi connectivity index (χ0v) is 16.8. The summed E-state index contributed by atoms with van der Waals surface area (Å²) < 4.78 is 0. The van der Waals surface area contributed by atoms with Crippen LogP contribution < -0.4 is 4.90 Å². The summed E-state index contributed by atoms with van der Waals surface area (Å²) >= 11 is 0. The van der Waals surface area contributed by atoms with Crippen LogP contribution in [-0.2, 0) is 19.5 Å². The number of rotatable bonds is 4. The molecule has 1 saturated carbocycles. The molecule has 2 aliphatic heterocycles. The van der Waals surface area contributed by atoms with Gasteiger partial charge in [-0.3, -0.25) is 14.8 Å². The third kappa shape index (κ3) is 3.63. The molecule has 2 aromatic rings. The number of anilines is 1. The molecule has 148 valence electrons. The number of aryl methyl sites for hydroxylation is 1. The lowest BCUT2D eigenvalue weighted by molar-refractivity contribution is 0.120. The lowest BCUT2D eigenvalue weighted by atomic mass is 9.91. The standard InChI is InChI=1S/C22H30N6/c1-17-4-2-5-18(25-17)14-26-9-8-20-21(15-26)23-16-24-22(20)28-12-10-27(11-13-28)19-6-3-7-19/h2,4-5,16,19H,3,6-15H2,1H3. The Balaban J connectivity index is 1.26. The van der Waals surface area contributed by atoms with Gasteiger partial charge in [0.15, 0.2) is 0 Å². The van der Waals surface area contributed by atoms with Crippen molar-refractivity contribution in [3.8, 4) is 0 Å². The highest BCUT2D eigenvalue weighted by Gasteiger charge is 2.30. The fourth-order valence-electron chi connectivity index (χ4n) is 4.77. The molecular weight excluding hydrogens is 348 g/mol. The molecule has 4 heterocycles. The summed E-state index contributed by atoms with van der Waals surface area (Å²) in [6, 6.07) is 7.12. The van der Waals surface area contributed by atoms with Crippen LogP contribution in [-0.4, -0.2) is 63.5 Å². The van der Waals surface area contributed by atoms with E-state index in [0.717, 1.165) is 56.6 Å². The molecule has 0 N–H and O–H groups in total. The van der Waals surface area contributed by atoms with E-state index < -0.39 is 0 Å². The molecule has 0 unspecified atom stereocenters. The molecule has 0 bridgehead atoms. The molecule has 2 fully saturated rings. The zero-order chi connectivity index (χ0) is 18.9. The van der Waals surface area contributed by atoms with E-state index in [1.807, 2.05) is 0 Å². The second-order valence-corrected chi connectivity index (χ2v) is 8.46. The van der Waals surface area contributed by atoms with Crippen molar-refractivity contribution in [3.63, 3.8) is 0 Å². The molecule has 5 rings (SSSR count). The first-order chi connectivity index (χ1) is 13.8. The first-order valence-electron chi connectivity index (χ1n) is 10.7. The van der Waals surface area contributed by atoms with Crippen LogP contribution in [0.1, 0.15) is 41.9 Å². The van der Waals surface area contributed by atoms with Crippen LogP contribution in [0.15, 0.2) is 24.5 Å². The van der Waals surface area contributed by atoms with Crippen LogP contribution in [0.5, 0.6) is 0 Å². The van der Waals surface area contributed by atoms with E-state index in [4.69, 9.17) is 4.98 Å². The molecule has 0 spiro atoms. The van der Waals surface area contributed by atoms with Gasteiger partial charge in [0.1, 0.15) is 12.1 Å². The monoisotopic (exact) mass is 378 g/mol. The molecular formula is C22H30N6. The van der Waals surface area contributed by atoms with Gasteiger partial charge in [-0.15, -0.1) is 0 Å². The molecule has 0 atom stereocenters. The number of piperazine rings is 1. The van der Waals surface area contributed by atoms with Gasteiger partial charge in [-0.1, -0.05) is 12.5 Å². The number of hydrogen-bond acceptors (Lipinski definition) is 6. The van der Waals surface area contributed by atoms with Crippen LogP contribution in [0.2, 0.25) is 0 Å². The number of nitrogens with zero attached hydrogens (tertiary/aromatic N) is 6. The van der Waals surface area contributed by atoms with Gasteiger partial charge >= 0.3 is 0 Å². The third-order valence-electron chi connectivity index (χ3n) is 6.60. The quantitative estimate of drug-likeness (QED) is 0.814. The fourth-order valence-corrected chi connectivity index (χ4v) is 4.77. The van der Waals surface area contributed by atoms with Gasteiger partial charge in [0, 0.05) is 63.1 Å². The van der Waals surface area contributed by atoms with Crippen LogP contribution >= 0.6 is 0 Å². The van der Waals surface area contributed by atoms with Gasteiger partial charge in [-0.2, -0.15) is 0 Å². The van der Waals surface area contributed by atoms with Gasteiger partial charge in [-0.05, 0) is 38.3 Å². The summed E-state index contributed by atoms with van der Waals surface area (Å²) in [6.45, 7) is 9.42. The second-order valence-electron chi connectivity index (χ2n) is 8.46. The summed E-state index contributed by atoms with van der Waals surface area (Å²) in [5.74, 6) is 1.19. The van der Waals surface area contributed by atoms with Crippen LogP contribution in [0.4, 0.5) is 5.82 Å². The Morgan fingerprint density at radius 1 is 1.04 bits per heavy atom. The summed E-state index contributed by atoms with van der Waals surface area (Å²) in [5, 5.41) is 0. The van der Waals surface area contributed by atoms with Gasteiger partial charge in [-0.25, -0.2) is 9.97 Å². The van der Waals surface area contributed by atoms with E-state index in [0.29, 0.717) is 0 Å². The van der Waals surface area contributed by atoms with Gasteiger partial charge < -0.3 is 4.90 Å². The predicted molar refractivity (Wildman–Crippen MR) is 110 cm³/mol. The summed E-state index contributed by atoms with van der Waals surface area (Å²) in [5.41, 5.74) is 4.80. The van der Waals surface area contributed by atoms with Crippen LogP contribution in [0.3, 0.4) is 0 Å². The first kappa shape index (κ1) is 18.0. The summed E-state index contributed by atoms with van der Waals surface area (Å²) in [4.78, 5) is 21.6. The summed E-state index contributed by atoms with van der Waals surface area (Å²) in [6.07, 6.45) is 7.00. The van der Waals surface area contributed by atoms with Crippen molar-refractivity contribution in [1.82, 2.24) is 24.8 Å². The van der Waals surface area contributed by atoms with Gasteiger partial charge in [0.05, 0.1) is 11.4 Å². The van der Waals surface area contributed by atoms with E-state index in [2.05, 4.69) is 49.8 Å². The Labute approximate surface area is 167 Å². The highest BCUT2D eigenvalue weighted by molar-refractivity contribution is 5.50. The SMILES string of the molecule is Cc1cccc(CN2CCc3c(ncnc3N3CCN(C4CCC4)CC3)C2)n1. The van der Waals surface area contributed by atoms with Crippen molar-refractivity contribution >= 4 is 5.82 Å². The lowest BCUT2D eigenvalue weighted by Crippen LogP contribution is -2.52. The molecule has 0 amide bonds. The van der Waals surface area contributed by atoms with Gasteiger partial charge in [0.2, 0.25) is 0 Å². The van der Waals surface area contributed by atoms with Crippen molar-refractivity contribution in [2.45, 2.75) is 51.7 Å². The Morgan fingerprint density at radius 2 is 1.89 bits per heavy atom. The van der Waals surface area contributed by atoms with Crippen molar-refractivity contribution in [1.29, 1.82) is 0 Å². The van der Waals surface area contributed by atoms with E-state index >= 15 is 0 Å². The second kappa shape index (κ2) is 7.76. The largest absolute Gasteiger partial charge is 0.354 e. The van der Waals surface area contributed by atoms with Crippen molar-refractivity contribution < 1.29 is 0 Å². The number of hydrogen-bond donors (Lipinski definition) is 0. The van der Waals surface area contributed by atoms with E-state index in [1.54, 1.807) is 6.33 Å². The first-order valence-corrected chi connectivity index (χ1v) is 10.7. The Hall–Kier alpha value is -2.05. The van der Waals surface area contributed by atoms with Crippen molar-refractivity contribution in [2.24, 2.45) is 0 Å². The molecule has 0 radical (unpaired) electrons. The van der Waals surface area contributed by atoms with Crippen molar-refractivity contribution in [2.75, 3.05) is 37.6 Å². The molecule has 3 aliphatic rings.